The van der Waals surface area contributed by atoms with E-state index in [1.165, 1.54) is 6.07 Å². The molecule has 21 heavy (non-hydrogen) atoms. The summed E-state index contributed by atoms with van der Waals surface area (Å²) >= 11 is 0. The zero-order chi connectivity index (χ0) is 15.6. The van der Waals surface area contributed by atoms with Crippen molar-refractivity contribution in [3.05, 3.63) is 58.9 Å². The van der Waals surface area contributed by atoms with Crippen LogP contribution in [0.1, 0.15) is 16.7 Å². The molecule has 0 aliphatic rings. The van der Waals surface area contributed by atoms with Gasteiger partial charge in [0.05, 0.1) is 5.69 Å². The minimum atomic E-state index is -3.78. The summed E-state index contributed by atoms with van der Waals surface area (Å²) in [5, 5.41) is 8.21. The Hall–Kier alpha value is -1.92. The first-order valence-electron chi connectivity index (χ1n) is 6.40. The van der Waals surface area contributed by atoms with Gasteiger partial charge in [-0.1, -0.05) is 24.3 Å². The third-order valence-corrected chi connectivity index (χ3v) is 4.14. The number of hydrogen-bond donors (Lipinski definition) is 2. The highest BCUT2D eigenvalue weighted by atomic mass is 32.2. The van der Waals surface area contributed by atoms with E-state index in [1.807, 2.05) is 0 Å². The second-order valence-corrected chi connectivity index (χ2v) is 6.47. The number of aryl methyl sites for hydroxylation is 2. The molecule has 0 spiro atoms. The Labute approximate surface area is 123 Å². The van der Waals surface area contributed by atoms with Crippen LogP contribution >= 0.6 is 0 Å². The molecule has 0 aromatic heterocycles. The van der Waals surface area contributed by atoms with Gasteiger partial charge >= 0.3 is 0 Å². The molecule has 112 valence electrons. The Morgan fingerprint density at radius 2 is 1.71 bits per heavy atom. The summed E-state index contributed by atoms with van der Waals surface area (Å²) in [6.45, 7) is 3.78. The molecule has 0 amide bonds. The van der Waals surface area contributed by atoms with Crippen molar-refractivity contribution in [3.63, 3.8) is 0 Å². The molecule has 3 N–H and O–H groups in total. The summed E-state index contributed by atoms with van der Waals surface area (Å²) in [6.07, 6.45) is 0. The van der Waals surface area contributed by atoms with Crippen molar-refractivity contribution in [3.8, 4) is 0 Å². The summed E-state index contributed by atoms with van der Waals surface area (Å²) in [6, 6.07) is 9.88. The molecule has 0 radical (unpaired) electrons. The molecule has 0 heterocycles. The Balaban J connectivity index is 2.26. The molecule has 0 bridgehead atoms. The van der Waals surface area contributed by atoms with Gasteiger partial charge in [-0.15, -0.1) is 0 Å². The average molecular weight is 308 g/mol. The lowest BCUT2D eigenvalue weighted by atomic mass is 10.1. The van der Waals surface area contributed by atoms with Crippen molar-refractivity contribution in [2.45, 2.75) is 25.3 Å². The molecule has 0 aliphatic heterocycles. The molecule has 0 unspecified atom stereocenters. The SMILES string of the molecule is Cc1cc(CNc2ccccc2S(N)(=O)=O)cc(C)c1F. The first-order chi connectivity index (χ1) is 9.79. The molecule has 2 aromatic carbocycles. The lowest BCUT2D eigenvalue weighted by Gasteiger charge is -2.12. The molecule has 0 saturated heterocycles. The van der Waals surface area contributed by atoms with Crippen molar-refractivity contribution in [1.29, 1.82) is 0 Å². The fraction of sp³-hybridized carbons (Fsp3) is 0.200. The van der Waals surface area contributed by atoms with Gasteiger partial charge in [-0.3, -0.25) is 0 Å². The minimum absolute atomic E-state index is 0.0422. The van der Waals surface area contributed by atoms with E-state index in [2.05, 4.69) is 5.32 Å². The highest BCUT2D eigenvalue weighted by molar-refractivity contribution is 7.89. The molecule has 0 atom stereocenters. The molecule has 0 aliphatic carbocycles. The number of nitrogens with two attached hydrogens (primary N) is 1. The van der Waals surface area contributed by atoms with Gasteiger partial charge in [0.15, 0.2) is 0 Å². The maximum absolute atomic E-state index is 13.6. The van der Waals surface area contributed by atoms with Crippen LogP contribution < -0.4 is 10.5 Å². The number of sulfonamides is 1. The summed E-state index contributed by atoms with van der Waals surface area (Å²) < 4.78 is 36.6. The van der Waals surface area contributed by atoms with Crippen LogP contribution in [0.2, 0.25) is 0 Å². The van der Waals surface area contributed by atoms with Crippen LogP contribution in [-0.2, 0) is 16.6 Å². The van der Waals surface area contributed by atoms with E-state index in [0.717, 1.165) is 5.56 Å². The Morgan fingerprint density at radius 1 is 1.14 bits per heavy atom. The second-order valence-electron chi connectivity index (χ2n) is 4.94. The van der Waals surface area contributed by atoms with E-state index in [9.17, 15) is 12.8 Å². The van der Waals surface area contributed by atoms with E-state index < -0.39 is 10.0 Å². The van der Waals surface area contributed by atoms with Gasteiger partial charge in [-0.05, 0) is 42.7 Å². The smallest absolute Gasteiger partial charge is 0.240 e. The Morgan fingerprint density at radius 3 is 2.29 bits per heavy atom. The van der Waals surface area contributed by atoms with Crippen LogP contribution in [0.4, 0.5) is 10.1 Å². The summed E-state index contributed by atoms with van der Waals surface area (Å²) in [5.74, 6) is -0.219. The van der Waals surface area contributed by atoms with Gasteiger partial charge in [-0.25, -0.2) is 17.9 Å². The lowest BCUT2D eigenvalue weighted by Crippen LogP contribution is -2.15. The average Bonchev–Trinajstić information content (AvgIpc) is 2.41. The standard InChI is InChI=1S/C15H17FN2O2S/c1-10-7-12(8-11(2)15(10)16)9-18-13-5-3-4-6-14(13)21(17,19)20/h3-8,18H,9H2,1-2H3,(H2,17,19,20). The van der Waals surface area contributed by atoms with Crippen LogP contribution in [0, 0.1) is 19.7 Å². The molecular weight excluding hydrogens is 291 g/mol. The van der Waals surface area contributed by atoms with Crippen LogP contribution in [0.15, 0.2) is 41.3 Å². The van der Waals surface area contributed by atoms with E-state index in [0.29, 0.717) is 23.4 Å². The lowest BCUT2D eigenvalue weighted by molar-refractivity contribution is 0.598. The van der Waals surface area contributed by atoms with Gasteiger partial charge < -0.3 is 5.32 Å². The quantitative estimate of drug-likeness (QED) is 0.912. The first kappa shape index (κ1) is 15.5. The van der Waals surface area contributed by atoms with E-state index >= 15 is 0 Å². The van der Waals surface area contributed by atoms with Crippen molar-refractivity contribution >= 4 is 15.7 Å². The molecule has 6 heteroatoms. The number of benzene rings is 2. The third-order valence-electron chi connectivity index (χ3n) is 3.17. The predicted molar refractivity (Wildman–Crippen MR) is 81.0 cm³/mol. The minimum Gasteiger partial charge on any atom is -0.380 e. The molecule has 0 saturated carbocycles. The first-order valence-corrected chi connectivity index (χ1v) is 7.95. The highest BCUT2D eigenvalue weighted by Crippen LogP contribution is 2.21. The van der Waals surface area contributed by atoms with Crippen molar-refractivity contribution in [2.75, 3.05) is 5.32 Å². The number of nitrogens with one attached hydrogen (secondary N) is 1. The van der Waals surface area contributed by atoms with Crippen LogP contribution in [0.5, 0.6) is 0 Å². The molecule has 2 aromatic rings. The van der Waals surface area contributed by atoms with Gasteiger partial charge in [0.1, 0.15) is 10.7 Å². The fourth-order valence-corrected chi connectivity index (χ4v) is 2.91. The summed E-state index contributed by atoms with van der Waals surface area (Å²) in [5.41, 5.74) is 2.42. The predicted octanol–water partition coefficient (Wildman–Crippen LogP) is 2.70. The van der Waals surface area contributed by atoms with Crippen LogP contribution in [0.25, 0.3) is 0 Å². The Bertz CT molecular complexity index is 750. The van der Waals surface area contributed by atoms with Crippen molar-refractivity contribution < 1.29 is 12.8 Å². The molecular formula is C15H17FN2O2S. The van der Waals surface area contributed by atoms with Crippen molar-refractivity contribution in [1.82, 2.24) is 0 Å². The van der Waals surface area contributed by atoms with Gasteiger partial charge in [0.25, 0.3) is 0 Å². The number of halogens is 1. The van der Waals surface area contributed by atoms with E-state index in [-0.39, 0.29) is 10.7 Å². The third kappa shape index (κ3) is 3.59. The Kier molecular flexibility index (Phi) is 4.29. The highest BCUT2D eigenvalue weighted by Gasteiger charge is 2.13. The van der Waals surface area contributed by atoms with E-state index in [4.69, 9.17) is 5.14 Å². The number of para-hydroxylation sites is 1. The second kappa shape index (κ2) is 5.83. The zero-order valence-electron chi connectivity index (χ0n) is 11.9. The van der Waals surface area contributed by atoms with Gasteiger partial charge in [-0.2, -0.15) is 0 Å². The molecule has 0 fully saturated rings. The normalized spacial score (nSPS) is 11.4. The van der Waals surface area contributed by atoms with Crippen LogP contribution in [-0.4, -0.2) is 8.42 Å². The van der Waals surface area contributed by atoms with Gasteiger partial charge in [0.2, 0.25) is 10.0 Å². The topological polar surface area (TPSA) is 72.2 Å². The number of rotatable bonds is 4. The van der Waals surface area contributed by atoms with Crippen molar-refractivity contribution in [2.24, 2.45) is 5.14 Å². The monoisotopic (exact) mass is 308 g/mol. The number of hydrogen-bond acceptors (Lipinski definition) is 3. The summed E-state index contributed by atoms with van der Waals surface area (Å²) in [7, 11) is -3.78. The zero-order valence-corrected chi connectivity index (χ0v) is 12.7. The summed E-state index contributed by atoms with van der Waals surface area (Å²) in [4.78, 5) is 0.0422. The largest absolute Gasteiger partial charge is 0.380 e. The molecule has 4 nitrogen and oxygen atoms in total. The van der Waals surface area contributed by atoms with E-state index in [1.54, 1.807) is 44.2 Å². The number of anilines is 1. The molecule has 2 rings (SSSR count). The van der Waals surface area contributed by atoms with Gasteiger partial charge in [0, 0.05) is 6.54 Å². The maximum atomic E-state index is 13.6. The maximum Gasteiger partial charge on any atom is 0.240 e. The fourth-order valence-electron chi connectivity index (χ4n) is 2.20. The van der Waals surface area contributed by atoms with Crippen LogP contribution in [0.3, 0.4) is 0 Å². The number of primary sulfonamides is 1.